The quantitative estimate of drug-likeness (QED) is 0.118. The van der Waals surface area contributed by atoms with Crippen molar-refractivity contribution in [3.8, 4) is 0 Å². The first kappa shape index (κ1) is 28.7. The largest absolute Gasteiger partial charge is 0.480 e. The van der Waals surface area contributed by atoms with Crippen molar-refractivity contribution in [2.24, 2.45) is 23.1 Å². The number of aliphatic hydroxyl groups is 1. The number of carbonyl (C=O) groups excluding carboxylic acids is 5. The standard InChI is InChI=1S/C18H32N6O8/c1-8(2)5-11(17(30)24-12(7-25)18(31)32)23-16(29)10(3-4-13(20)26)22-15(28)9(19)6-14(21)27/h8-12,25H,3-7,19H2,1-2H3,(H2,20,26)(H2,21,27)(H,22,28)(H,23,29)(H,24,30)(H,31,32). The van der Waals surface area contributed by atoms with Crippen LogP contribution in [0.3, 0.4) is 0 Å². The maximum Gasteiger partial charge on any atom is 0.328 e. The molecule has 32 heavy (non-hydrogen) atoms. The average Bonchev–Trinajstić information content (AvgIpc) is 2.66. The number of carboxylic acid groups (broad SMARTS) is 1. The van der Waals surface area contributed by atoms with E-state index in [4.69, 9.17) is 27.4 Å². The summed E-state index contributed by atoms with van der Waals surface area (Å²) in [7, 11) is 0. The minimum Gasteiger partial charge on any atom is -0.480 e. The Morgan fingerprint density at radius 3 is 1.75 bits per heavy atom. The summed E-state index contributed by atoms with van der Waals surface area (Å²) < 4.78 is 0. The minimum absolute atomic E-state index is 0.104. The number of hydrogen-bond acceptors (Lipinski definition) is 8. The summed E-state index contributed by atoms with van der Waals surface area (Å²) in [6, 6.07) is -5.45. The van der Waals surface area contributed by atoms with Crippen molar-refractivity contribution in [2.75, 3.05) is 6.61 Å². The van der Waals surface area contributed by atoms with Gasteiger partial charge in [-0.2, -0.15) is 0 Å². The zero-order valence-electron chi connectivity index (χ0n) is 18.0. The van der Waals surface area contributed by atoms with Gasteiger partial charge in [0, 0.05) is 6.42 Å². The van der Waals surface area contributed by atoms with E-state index in [1.807, 2.05) is 0 Å². The molecule has 0 aromatic rings. The molecule has 11 N–H and O–H groups in total. The number of nitrogens with one attached hydrogen (secondary N) is 3. The third-order valence-corrected chi connectivity index (χ3v) is 4.21. The number of aliphatic hydroxyl groups excluding tert-OH is 1. The molecule has 4 atom stereocenters. The zero-order valence-corrected chi connectivity index (χ0v) is 18.0. The molecule has 182 valence electrons. The van der Waals surface area contributed by atoms with Crippen LogP contribution in [0.4, 0.5) is 0 Å². The molecule has 0 fully saturated rings. The van der Waals surface area contributed by atoms with Gasteiger partial charge >= 0.3 is 5.97 Å². The van der Waals surface area contributed by atoms with Crippen molar-refractivity contribution in [3.63, 3.8) is 0 Å². The van der Waals surface area contributed by atoms with E-state index in [0.29, 0.717) is 0 Å². The van der Waals surface area contributed by atoms with E-state index in [0.717, 1.165) is 0 Å². The Balaban J connectivity index is 5.49. The fourth-order valence-electron chi connectivity index (χ4n) is 2.58. The van der Waals surface area contributed by atoms with Gasteiger partial charge in [0.25, 0.3) is 0 Å². The van der Waals surface area contributed by atoms with Crippen LogP contribution in [0.2, 0.25) is 0 Å². The highest BCUT2D eigenvalue weighted by Crippen LogP contribution is 2.08. The fraction of sp³-hybridized carbons (Fsp3) is 0.667. The molecule has 14 heteroatoms. The smallest absolute Gasteiger partial charge is 0.328 e. The highest BCUT2D eigenvalue weighted by molar-refractivity contribution is 5.95. The summed E-state index contributed by atoms with van der Waals surface area (Å²) in [5.41, 5.74) is 15.7. The Labute approximate surface area is 184 Å². The van der Waals surface area contributed by atoms with E-state index in [1.54, 1.807) is 13.8 Å². The molecule has 0 aromatic heterocycles. The highest BCUT2D eigenvalue weighted by atomic mass is 16.4. The number of rotatable bonds is 15. The lowest BCUT2D eigenvalue weighted by molar-refractivity contribution is -0.143. The second-order valence-electron chi connectivity index (χ2n) is 7.62. The number of hydrogen-bond donors (Lipinski definition) is 8. The predicted molar refractivity (Wildman–Crippen MR) is 110 cm³/mol. The van der Waals surface area contributed by atoms with Crippen LogP contribution < -0.4 is 33.2 Å². The molecule has 0 aliphatic heterocycles. The summed E-state index contributed by atoms with van der Waals surface area (Å²) in [6.45, 7) is 2.64. The first-order valence-electron chi connectivity index (χ1n) is 9.85. The van der Waals surface area contributed by atoms with Crippen LogP contribution in [0.15, 0.2) is 0 Å². The maximum atomic E-state index is 12.8. The summed E-state index contributed by atoms with van der Waals surface area (Å²) in [4.78, 5) is 70.6. The van der Waals surface area contributed by atoms with Crippen LogP contribution in [0.5, 0.6) is 0 Å². The molecule has 4 unspecified atom stereocenters. The van der Waals surface area contributed by atoms with Gasteiger partial charge in [0.05, 0.1) is 19.1 Å². The lowest BCUT2D eigenvalue weighted by atomic mass is 10.0. The van der Waals surface area contributed by atoms with Crippen molar-refractivity contribution in [1.29, 1.82) is 0 Å². The van der Waals surface area contributed by atoms with Gasteiger partial charge in [0.15, 0.2) is 0 Å². The molecule has 0 aliphatic carbocycles. The molecule has 0 rings (SSSR count). The van der Waals surface area contributed by atoms with E-state index >= 15 is 0 Å². The molecular weight excluding hydrogens is 428 g/mol. The third-order valence-electron chi connectivity index (χ3n) is 4.21. The average molecular weight is 460 g/mol. The Morgan fingerprint density at radius 1 is 0.812 bits per heavy atom. The van der Waals surface area contributed by atoms with Gasteiger partial charge in [-0.1, -0.05) is 13.8 Å². The normalized spacial score (nSPS) is 14.5. The molecule has 0 saturated carbocycles. The highest BCUT2D eigenvalue weighted by Gasteiger charge is 2.30. The number of carbonyl (C=O) groups is 6. The number of aliphatic carboxylic acids is 1. The minimum atomic E-state index is -1.58. The van der Waals surface area contributed by atoms with Gasteiger partial charge in [0.2, 0.25) is 29.5 Å². The summed E-state index contributed by atoms with van der Waals surface area (Å²) in [5, 5.41) is 24.9. The number of nitrogens with two attached hydrogens (primary N) is 3. The van der Waals surface area contributed by atoms with E-state index in [1.165, 1.54) is 0 Å². The second kappa shape index (κ2) is 13.9. The zero-order chi connectivity index (χ0) is 25.0. The van der Waals surface area contributed by atoms with Crippen LogP contribution in [0.1, 0.15) is 39.5 Å². The Kier molecular flexibility index (Phi) is 12.5. The Hall–Kier alpha value is -3.26. The molecule has 0 saturated heterocycles. The van der Waals surface area contributed by atoms with Crippen molar-refractivity contribution < 1.29 is 39.0 Å². The van der Waals surface area contributed by atoms with E-state index in [9.17, 15) is 28.8 Å². The molecule has 14 nitrogen and oxygen atoms in total. The lowest BCUT2D eigenvalue weighted by Gasteiger charge is -2.25. The summed E-state index contributed by atoms with van der Waals surface area (Å²) >= 11 is 0. The molecule has 0 bridgehead atoms. The van der Waals surface area contributed by atoms with Crippen LogP contribution >= 0.6 is 0 Å². The van der Waals surface area contributed by atoms with Crippen molar-refractivity contribution >= 4 is 35.5 Å². The molecule has 5 amide bonds. The summed E-state index contributed by atoms with van der Waals surface area (Å²) in [5.74, 6) is -5.76. The monoisotopic (exact) mass is 460 g/mol. The van der Waals surface area contributed by atoms with Crippen molar-refractivity contribution in [3.05, 3.63) is 0 Å². The van der Waals surface area contributed by atoms with Gasteiger partial charge in [-0.05, 0) is 18.8 Å². The molecule has 0 aliphatic rings. The van der Waals surface area contributed by atoms with Crippen LogP contribution in [0.25, 0.3) is 0 Å². The maximum absolute atomic E-state index is 12.8. The van der Waals surface area contributed by atoms with Crippen LogP contribution in [0, 0.1) is 5.92 Å². The number of carboxylic acids is 1. The van der Waals surface area contributed by atoms with Gasteiger partial charge in [0.1, 0.15) is 18.1 Å². The van der Waals surface area contributed by atoms with Gasteiger partial charge in [-0.25, -0.2) is 4.79 Å². The van der Waals surface area contributed by atoms with E-state index in [-0.39, 0.29) is 25.2 Å². The number of amides is 5. The van der Waals surface area contributed by atoms with Gasteiger partial charge < -0.3 is 43.4 Å². The van der Waals surface area contributed by atoms with Crippen molar-refractivity contribution in [1.82, 2.24) is 16.0 Å². The molecular formula is C18H32N6O8. The fourth-order valence-corrected chi connectivity index (χ4v) is 2.58. The van der Waals surface area contributed by atoms with Crippen molar-refractivity contribution in [2.45, 2.75) is 63.7 Å². The van der Waals surface area contributed by atoms with Crippen LogP contribution in [-0.4, -0.2) is 76.5 Å². The Morgan fingerprint density at radius 2 is 1.31 bits per heavy atom. The Bertz CT molecular complexity index is 714. The molecule has 0 heterocycles. The predicted octanol–water partition coefficient (Wildman–Crippen LogP) is -3.97. The third kappa shape index (κ3) is 11.2. The molecule has 0 radical (unpaired) electrons. The first-order chi connectivity index (χ1) is 14.8. The molecule has 0 aromatic carbocycles. The first-order valence-corrected chi connectivity index (χ1v) is 9.85. The second-order valence-corrected chi connectivity index (χ2v) is 7.62. The SMILES string of the molecule is CC(C)CC(NC(=O)C(CCC(N)=O)NC(=O)C(N)CC(N)=O)C(=O)NC(CO)C(=O)O. The molecule has 0 spiro atoms. The van der Waals surface area contributed by atoms with Crippen LogP contribution in [-0.2, 0) is 28.8 Å². The number of primary amides is 2. The van der Waals surface area contributed by atoms with E-state index < -0.39 is 72.7 Å². The topological polar surface area (TPSA) is 257 Å². The van der Waals surface area contributed by atoms with Gasteiger partial charge in [-0.15, -0.1) is 0 Å². The van der Waals surface area contributed by atoms with E-state index in [2.05, 4.69) is 16.0 Å². The lowest BCUT2D eigenvalue weighted by Crippen LogP contribution is -2.58. The summed E-state index contributed by atoms with van der Waals surface area (Å²) in [6.07, 6.45) is -0.879. The van der Waals surface area contributed by atoms with Gasteiger partial charge in [-0.3, -0.25) is 24.0 Å².